The molecule has 0 spiro atoms. The molecule has 10 nitrogen and oxygen atoms in total. The van der Waals surface area contributed by atoms with Crippen molar-refractivity contribution in [2.75, 3.05) is 27.4 Å². The second-order valence-corrected chi connectivity index (χ2v) is 8.02. The zero-order valence-electron chi connectivity index (χ0n) is 18.9. The number of carbonyl (C=O) groups is 3. The number of dihydropyridines is 1. The van der Waals surface area contributed by atoms with Crippen molar-refractivity contribution < 1.29 is 33.5 Å². The van der Waals surface area contributed by atoms with Crippen LogP contribution in [0, 0.1) is 22.0 Å². The molecule has 0 aromatic heterocycles. The number of hydrogen-bond acceptors (Lipinski definition) is 9. The number of nitrogens with zero attached hydrogens (tertiary/aromatic N) is 1. The van der Waals surface area contributed by atoms with E-state index in [0.29, 0.717) is 23.4 Å². The summed E-state index contributed by atoms with van der Waals surface area (Å²) in [5.74, 6) is -4.13. The summed E-state index contributed by atoms with van der Waals surface area (Å²) < 4.78 is 15.1. The molecule has 1 aliphatic heterocycles. The van der Waals surface area contributed by atoms with E-state index in [9.17, 15) is 24.5 Å². The first kappa shape index (κ1) is 24.1. The molecule has 3 rings (SSSR count). The zero-order chi connectivity index (χ0) is 24.3. The highest BCUT2D eigenvalue weighted by Gasteiger charge is 2.47. The molecule has 1 aromatic rings. The lowest BCUT2D eigenvalue weighted by Gasteiger charge is -2.38. The summed E-state index contributed by atoms with van der Waals surface area (Å²) in [7, 11) is 2.68. The summed E-state index contributed by atoms with van der Waals surface area (Å²) in [6.07, 6.45) is 0.371. The van der Waals surface area contributed by atoms with Crippen molar-refractivity contribution in [3.63, 3.8) is 0 Å². The van der Waals surface area contributed by atoms with Crippen LogP contribution < -0.4 is 5.32 Å². The first-order valence-corrected chi connectivity index (χ1v) is 10.4. The molecular formula is C23H26N2O8. The molecule has 0 bridgehead atoms. The van der Waals surface area contributed by atoms with Crippen molar-refractivity contribution in [3.05, 3.63) is 62.5 Å². The van der Waals surface area contributed by atoms with Gasteiger partial charge in [-0.3, -0.25) is 19.7 Å². The van der Waals surface area contributed by atoms with Gasteiger partial charge in [0.1, 0.15) is 12.5 Å². The van der Waals surface area contributed by atoms with E-state index in [1.54, 1.807) is 19.9 Å². The van der Waals surface area contributed by atoms with Crippen LogP contribution in [0.4, 0.5) is 5.69 Å². The fraction of sp³-hybridized carbons (Fsp3) is 0.435. The summed E-state index contributed by atoms with van der Waals surface area (Å²) in [6, 6.07) is 5.76. The maximum Gasteiger partial charge on any atom is 0.336 e. The number of non-ortho nitro benzene ring substituents is 1. The highest BCUT2D eigenvalue weighted by molar-refractivity contribution is 6.12. The molecule has 0 fully saturated rings. The van der Waals surface area contributed by atoms with Gasteiger partial charge in [-0.05, 0) is 24.8 Å². The Hall–Kier alpha value is -3.53. The Morgan fingerprint density at radius 3 is 2.61 bits per heavy atom. The minimum Gasteiger partial charge on any atom is -0.468 e. The number of esters is 2. The molecule has 33 heavy (non-hydrogen) atoms. The van der Waals surface area contributed by atoms with E-state index in [-0.39, 0.29) is 36.0 Å². The zero-order valence-corrected chi connectivity index (χ0v) is 18.9. The molecule has 1 N–H and O–H groups in total. The van der Waals surface area contributed by atoms with Gasteiger partial charge in [0.15, 0.2) is 5.78 Å². The molecule has 0 radical (unpaired) electrons. The molecule has 176 valence electrons. The van der Waals surface area contributed by atoms with E-state index in [1.165, 1.54) is 32.4 Å². The van der Waals surface area contributed by atoms with Gasteiger partial charge in [0.2, 0.25) is 0 Å². The molecular weight excluding hydrogens is 432 g/mol. The van der Waals surface area contributed by atoms with Crippen LogP contribution >= 0.6 is 0 Å². The maximum absolute atomic E-state index is 13.6. The number of rotatable bonds is 7. The van der Waals surface area contributed by atoms with Gasteiger partial charge in [0.05, 0.1) is 24.2 Å². The molecule has 0 saturated heterocycles. The monoisotopic (exact) mass is 458 g/mol. The van der Waals surface area contributed by atoms with Crippen LogP contribution in [0.15, 0.2) is 46.8 Å². The van der Waals surface area contributed by atoms with Crippen LogP contribution in [-0.2, 0) is 28.6 Å². The normalized spacial score (nSPS) is 22.4. The topological polar surface area (TPSA) is 134 Å². The third kappa shape index (κ3) is 4.65. The molecule has 0 saturated carbocycles. The van der Waals surface area contributed by atoms with Crippen LogP contribution in [0.3, 0.4) is 0 Å². The number of nitro groups is 1. The summed E-state index contributed by atoms with van der Waals surface area (Å²) in [4.78, 5) is 49.9. The molecule has 2 aliphatic rings. The fourth-order valence-electron chi connectivity index (χ4n) is 4.40. The second-order valence-electron chi connectivity index (χ2n) is 8.02. The molecule has 3 atom stereocenters. The van der Waals surface area contributed by atoms with Crippen LogP contribution in [0.5, 0.6) is 0 Å². The van der Waals surface area contributed by atoms with Crippen LogP contribution in [0.2, 0.25) is 0 Å². The number of methoxy groups -OCH3 is 2. The average molecular weight is 458 g/mol. The third-order valence-electron chi connectivity index (χ3n) is 5.90. The van der Waals surface area contributed by atoms with Gasteiger partial charge in [-0.25, -0.2) is 4.79 Å². The van der Waals surface area contributed by atoms with Gasteiger partial charge in [0.25, 0.3) is 5.69 Å². The number of ether oxygens (including phenoxy) is 3. The molecule has 1 aromatic carbocycles. The number of benzene rings is 1. The van der Waals surface area contributed by atoms with E-state index < -0.39 is 34.5 Å². The number of carbonyl (C=O) groups excluding carboxylic acids is 3. The number of Topliss-reactive ketones (excluding diaryl/α,β-unsaturated/α-hetero) is 1. The van der Waals surface area contributed by atoms with Gasteiger partial charge in [-0.15, -0.1) is 0 Å². The van der Waals surface area contributed by atoms with Crippen LogP contribution in [0.25, 0.3) is 0 Å². The average Bonchev–Trinajstić information content (AvgIpc) is 2.78. The standard InChI is InChI=1S/C23H26N2O8/c1-12-10-16-20(21(26)17(12)22(27)32-4)19(14-6-5-7-15(11-14)25(29)30)18(13(2)24-16)23(28)33-9-8-31-3/h5-7,11-12,17,19,24H,8-10H2,1-4H3/t12-,17-,19+/m1/s1. The Morgan fingerprint density at radius 1 is 1.24 bits per heavy atom. The fourth-order valence-corrected chi connectivity index (χ4v) is 4.40. The van der Waals surface area contributed by atoms with Crippen LogP contribution in [-0.4, -0.2) is 50.1 Å². The summed E-state index contributed by atoms with van der Waals surface area (Å²) in [5.41, 5.74) is 1.62. The second kappa shape index (κ2) is 9.95. The largest absolute Gasteiger partial charge is 0.468 e. The van der Waals surface area contributed by atoms with Gasteiger partial charge < -0.3 is 19.5 Å². The molecule has 0 amide bonds. The predicted octanol–water partition coefficient (Wildman–Crippen LogP) is 2.40. The molecule has 0 unspecified atom stereocenters. The van der Waals surface area contributed by atoms with Crippen molar-refractivity contribution >= 4 is 23.4 Å². The lowest BCUT2D eigenvalue weighted by Crippen LogP contribution is -2.43. The highest BCUT2D eigenvalue weighted by atomic mass is 16.6. The third-order valence-corrected chi connectivity index (χ3v) is 5.90. The van der Waals surface area contributed by atoms with Crippen molar-refractivity contribution in [1.29, 1.82) is 0 Å². The van der Waals surface area contributed by atoms with Gasteiger partial charge in [-0.2, -0.15) is 0 Å². The Labute approximate surface area is 190 Å². The van der Waals surface area contributed by atoms with E-state index in [1.807, 2.05) is 0 Å². The van der Waals surface area contributed by atoms with Crippen molar-refractivity contribution in [2.24, 2.45) is 11.8 Å². The number of hydrogen-bond donors (Lipinski definition) is 1. The van der Waals surface area contributed by atoms with E-state index in [0.717, 1.165) is 0 Å². The van der Waals surface area contributed by atoms with E-state index in [2.05, 4.69) is 5.32 Å². The summed E-state index contributed by atoms with van der Waals surface area (Å²) in [5, 5.41) is 14.5. The Morgan fingerprint density at radius 2 is 1.97 bits per heavy atom. The minimum atomic E-state index is -1.04. The Kier molecular flexibility index (Phi) is 7.27. The SMILES string of the molecule is COCCOC(=O)C1=C(C)NC2=C(C(=O)[C@H](C(=O)OC)[C@H](C)C2)[C@H]1c1cccc([N+](=O)[O-])c1. The first-order valence-electron chi connectivity index (χ1n) is 10.4. The van der Waals surface area contributed by atoms with E-state index >= 15 is 0 Å². The van der Waals surface area contributed by atoms with Crippen molar-refractivity contribution in [2.45, 2.75) is 26.2 Å². The maximum atomic E-state index is 13.6. The Balaban J connectivity index is 2.16. The quantitative estimate of drug-likeness (QED) is 0.215. The summed E-state index contributed by atoms with van der Waals surface area (Å²) in [6.45, 7) is 3.64. The van der Waals surface area contributed by atoms with Crippen LogP contribution in [0.1, 0.15) is 31.7 Å². The number of allylic oxidation sites excluding steroid dienone is 3. The van der Waals surface area contributed by atoms with Crippen molar-refractivity contribution in [1.82, 2.24) is 5.32 Å². The van der Waals surface area contributed by atoms with Gasteiger partial charge >= 0.3 is 11.9 Å². The number of nitro benzene ring substituents is 1. The minimum absolute atomic E-state index is 0.00452. The van der Waals surface area contributed by atoms with E-state index in [4.69, 9.17) is 14.2 Å². The lowest BCUT2D eigenvalue weighted by molar-refractivity contribution is -0.384. The predicted molar refractivity (Wildman–Crippen MR) is 116 cm³/mol. The van der Waals surface area contributed by atoms with Gasteiger partial charge in [0, 0.05) is 42.1 Å². The number of nitrogens with one attached hydrogen (secondary N) is 1. The first-order chi connectivity index (χ1) is 15.7. The van der Waals surface area contributed by atoms with Gasteiger partial charge in [-0.1, -0.05) is 19.1 Å². The molecule has 1 aliphatic carbocycles. The lowest BCUT2D eigenvalue weighted by atomic mass is 9.69. The van der Waals surface area contributed by atoms with Crippen molar-refractivity contribution in [3.8, 4) is 0 Å². The smallest absolute Gasteiger partial charge is 0.336 e. The number of ketones is 1. The Bertz CT molecular complexity index is 1060. The molecule has 1 heterocycles. The molecule has 10 heteroatoms. The highest BCUT2D eigenvalue weighted by Crippen LogP contribution is 2.45. The summed E-state index contributed by atoms with van der Waals surface area (Å²) >= 11 is 0.